The number of nitrogens with one attached hydrogen (secondary N) is 3. The third-order valence-electron chi connectivity index (χ3n) is 5.78. The number of fused-ring (bicyclic) bond motifs is 3. The Morgan fingerprint density at radius 2 is 1.97 bits per heavy atom. The number of sulfonamides is 1. The number of H-pyrrole nitrogens is 1. The molecule has 1 aliphatic carbocycles. The minimum absolute atomic E-state index is 0.343. The zero-order chi connectivity index (χ0) is 22.6. The van der Waals surface area contributed by atoms with Crippen molar-refractivity contribution in [2.75, 3.05) is 30.7 Å². The van der Waals surface area contributed by atoms with Gasteiger partial charge in [-0.15, -0.1) is 0 Å². The zero-order valence-electron chi connectivity index (χ0n) is 18.4. The summed E-state index contributed by atoms with van der Waals surface area (Å²) in [6, 6.07) is 13.0. The van der Waals surface area contributed by atoms with E-state index in [0.29, 0.717) is 30.9 Å². The minimum Gasteiger partial charge on any atom is -0.492 e. The SMILES string of the molecule is CS(=O)(=O)Nc1cccc(C(O)CNCCOc2ccc3[nH]c4c(c3c2)CCCCC4)c1. The normalized spacial score (nSPS) is 15.2. The highest BCUT2D eigenvalue weighted by Gasteiger charge is 2.15. The summed E-state index contributed by atoms with van der Waals surface area (Å²) >= 11 is 0. The van der Waals surface area contributed by atoms with E-state index in [9.17, 15) is 13.5 Å². The molecule has 0 spiro atoms. The van der Waals surface area contributed by atoms with Gasteiger partial charge >= 0.3 is 0 Å². The number of ether oxygens (including phenoxy) is 1. The van der Waals surface area contributed by atoms with Crippen molar-refractivity contribution >= 4 is 26.6 Å². The Morgan fingerprint density at radius 1 is 1.12 bits per heavy atom. The van der Waals surface area contributed by atoms with Crippen LogP contribution in [0, 0.1) is 0 Å². The molecule has 4 N–H and O–H groups in total. The van der Waals surface area contributed by atoms with Crippen molar-refractivity contribution in [2.45, 2.75) is 38.2 Å². The molecule has 1 atom stereocenters. The van der Waals surface area contributed by atoms with Gasteiger partial charge in [0.25, 0.3) is 0 Å². The van der Waals surface area contributed by atoms with Gasteiger partial charge in [0.2, 0.25) is 10.0 Å². The van der Waals surface area contributed by atoms with E-state index in [-0.39, 0.29) is 0 Å². The Labute approximate surface area is 189 Å². The maximum Gasteiger partial charge on any atom is 0.229 e. The molecule has 1 heterocycles. The van der Waals surface area contributed by atoms with Crippen molar-refractivity contribution in [1.29, 1.82) is 0 Å². The fourth-order valence-electron chi connectivity index (χ4n) is 4.27. The van der Waals surface area contributed by atoms with Gasteiger partial charge in [-0.2, -0.15) is 0 Å². The maximum absolute atomic E-state index is 11.4. The molecule has 2 aromatic carbocycles. The monoisotopic (exact) mass is 457 g/mol. The molecule has 0 saturated carbocycles. The molecule has 8 heteroatoms. The molecule has 172 valence electrons. The van der Waals surface area contributed by atoms with Crippen LogP contribution in [-0.4, -0.2) is 44.5 Å². The van der Waals surface area contributed by atoms with E-state index in [1.807, 2.05) is 6.07 Å². The summed E-state index contributed by atoms with van der Waals surface area (Å²) in [5.74, 6) is 0.852. The lowest BCUT2D eigenvalue weighted by molar-refractivity contribution is 0.172. The summed E-state index contributed by atoms with van der Waals surface area (Å²) in [6.07, 6.45) is 6.38. The lowest BCUT2D eigenvalue weighted by atomic mass is 10.1. The molecule has 4 rings (SSSR count). The number of hydrogen-bond acceptors (Lipinski definition) is 5. The van der Waals surface area contributed by atoms with Crippen molar-refractivity contribution < 1.29 is 18.3 Å². The molecule has 0 fully saturated rings. The highest BCUT2D eigenvalue weighted by molar-refractivity contribution is 7.92. The second kappa shape index (κ2) is 9.94. The number of rotatable bonds is 9. The van der Waals surface area contributed by atoms with Gasteiger partial charge < -0.3 is 20.1 Å². The van der Waals surface area contributed by atoms with E-state index in [1.165, 1.54) is 41.4 Å². The number of aromatic nitrogens is 1. The summed E-state index contributed by atoms with van der Waals surface area (Å²) in [4.78, 5) is 3.57. The Hall–Kier alpha value is -2.55. The van der Waals surface area contributed by atoms with E-state index >= 15 is 0 Å². The second-order valence-corrected chi connectivity index (χ2v) is 10.2. The number of aliphatic hydroxyl groups excluding tert-OH is 1. The molecule has 1 aliphatic rings. The van der Waals surface area contributed by atoms with Crippen molar-refractivity contribution in [3.05, 3.63) is 59.3 Å². The fourth-order valence-corrected chi connectivity index (χ4v) is 4.83. The average molecular weight is 458 g/mol. The van der Waals surface area contributed by atoms with E-state index in [0.717, 1.165) is 24.8 Å². The zero-order valence-corrected chi connectivity index (χ0v) is 19.2. The van der Waals surface area contributed by atoms with Gasteiger partial charge in [0.15, 0.2) is 0 Å². The molecule has 0 bridgehead atoms. The number of aromatic amines is 1. The highest BCUT2D eigenvalue weighted by atomic mass is 32.2. The van der Waals surface area contributed by atoms with Crippen LogP contribution in [0.3, 0.4) is 0 Å². The Bertz CT molecular complexity index is 1170. The van der Waals surface area contributed by atoms with Crippen LogP contribution in [0.25, 0.3) is 10.9 Å². The molecular weight excluding hydrogens is 426 g/mol. The van der Waals surface area contributed by atoms with Crippen LogP contribution in [0.4, 0.5) is 5.69 Å². The molecule has 1 unspecified atom stereocenters. The summed E-state index contributed by atoms with van der Waals surface area (Å²) < 4.78 is 31.1. The second-order valence-electron chi connectivity index (χ2n) is 8.42. The first kappa shape index (κ1) is 22.6. The molecule has 1 aromatic heterocycles. The number of aryl methyl sites for hydroxylation is 2. The van der Waals surface area contributed by atoms with Gasteiger partial charge in [0.05, 0.1) is 12.4 Å². The molecule has 0 amide bonds. The van der Waals surface area contributed by atoms with Gasteiger partial charge in [-0.25, -0.2) is 8.42 Å². The Balaban J connectivity index is 1.27. The van der Waals surface area contributed by atoms with E-state index in [2.05, 4.69) is 27.2 Å². The fraction of sp³-hybridized carbons (Fsp3) is 0.417. The molecule has 0 radical (unpaired) electrons. The van der Waals surface area contributed by atoms with Crippen LogP contribution in [0.15, 0.2) is 42.5 Å². The molecule has 32 heavy (non-hydrogen) atoms. The maximum atomic E-state index is 11.4. The summed E-state index contributed by atoms with van der Waals surface area (Å²) in [5, 5.41) is 14.9. The van der Waals surface area contributed by atoms with E-state index < -0.39 is 16.1 Å². The highest BCUT2D eigenvalue weighted by Crippen LogP contribution is 2.31. The van der Waals surface area contributed by atoms with Gasteiger partial charge in [0, 0.05) is 35.4 Å². The number of aliphatic hydroxyl groups is 1. The lowest BCUT2D eigenvalue weighted by Crippen LogP contribution is -2.26. The first-order valence-electron chi connectivity index (χ1n) is 11.1. The van der Waals surface area contributed by atoms with Gasteiger partial charge in [0.1, 0.15) is 12.4 Å². The summed E-state index contributed by atoms with van der Waals surface area (Å²) in [6.45, 7) is 1.41. The van der Waals surface area contributed by atoms with E-state index in [4.69, 9.17) is 4.74 Å². The van der Waals surface area contributed by atoms with Gasteiger partial charge in [-0.1, -0.05) is 18.6 Å². The van der Waals surface area contributed by atoms with Crippen LogP contribution < -0.4 is 14.8 Å². The third-order valence-corrected chi connectivity index (χ3v) is 6.39. The summed E-state index contributed by atoms with van der Waals surface area (Å²) in [5.41, 5.74) is 5.08. The van der Waals surface area contributed by atoms with Crippen LogP contribution >= 0.6 is 0 Å². The smallest absolute Gasteiger partial charge is 0.229 e. The largest absolute Gasteiger partial charge is 0.492 e. The van der Waals surface area contributed by atoms with Crippen LogP contribution in [-0.2, 0) is 22.9 Å². The topological polar surface area (TPSA) is 103 Å². The molecule has 3 aromatic rings. The minimum atomic E-state index is -3.35. The molecule has 0 saturated heterocycles. The number of anilines is 1. The number of hydrogen-bond donors (Lipinski definition) is 4. The van der Waals surface area contributed by atoms with Crippen LogP contribution in [0.2, 0.25) is 0 Å². The lowest BCUT2D eigenvalue weighted by Gasteiger charge is -2.14. The van der Waals surface area contributed by atoms with Crippen molar-refractivity contribution in [2.24, 2.45) is 0 Å². The van der Waals surface area contributed by atoms with Crippen LogP contribution in [0.5, 0.6) is 5.75 Å². The Morgan fingerprint density at radius 3 is 2.81 bits per heavy atom. The van der Waals surface area contributed by atoms with Crippen LogP contribution in [0.1, 0.15) is 42.2 Å². The molecular formula is C24H31N3O4S. The van der Waals surface area contributed by atoms with Gasteiger partial charge in [-0.05, 0) is 67.1 Å². The third kappa shape index (κ3) is 5.82. The predicted octanol–water partition coefficient (Wildman–Crippen LogP) is 3.51. The van der Waals surface area contributed by atoms with E-state index in [1.54, 1.807) is 24.3 Å². The molecule has 7 nitrogen and oxygen atoms in total. The average Bonchev–Trinajstić information content (AvgIpc) is 2.92. The number of benzene rings is 2. The van der Waals surface area contributed by atoms with Crippen molar-refractivity contribution in [3.63, 3.8) is 0 Å². The predicted molar refractivity (Wildman–Crippen MR) is 128 cm³/mol. The van der Waals surface area contributed by atoms with Crippen molar-refractivity contribution in [3.8, 4) is 5.75 Å². The standard InChI is InChI=1S/C24H31N3O4S/c1-32(29,30)27-18-7-5-6-17(14-18)24(28)16-25-12-13-31-19-10-11-23-21(15-19)20-8-3-2-4-9-22(20)26-23/h5-7,10-11,14-15,24-28H,2-4,8-9,12-13,16H2,1H3. The summed E-state index contributed by atoms with van der Waals surface area (Å²) in [7, 11) is -3.35. The Kier molecular flexibility index (Phi) is 7.03. The van der Waals surface area contributed by atoms with Gasteiger partial charge in [-0.3, -0.25) is 4.72 Å². The molecule has 0 aliphatic heterocycles. The van der Waals surface area contributed by atoms with Crippen molar-refractivity contribution in [1.82, 2.24) is 10.3 Å². The quantitative estimate of drug-likeness (QED) is 0.291. The first-order chi connectivity index (χ1) is 15.4. The first-order valence-corrected chi connectivity index (χ1v) is 13.0.